The number of nitrogens with zero attached hydrogens (tertiary/aromatic N) is 1. The van der Waals surface area contributed by atoms with Crippen LogP contribution >= 0.6 is 0 Å². The smallest absolute Gasteiger partial charge is 0.408 e. The van der Waals surface area contributed by atoms with Crippen LogP contribution in [0, 0.1) is 0 Å². The standard InChI is InChI=1S/C16H21NO3/c1-3-5-6-7-14(18)12-8-9-13-15(11-12)20-16(19)17(13)10-4-2/h8-9,11H,3-7,10H2,1-2H3. The third kappa shape index (κ3) is 3.00. The fraction of sp³-hybridized carbons (Fsp3) is 0.500. The lowest BCUT2D eigenvalue weighted by atomic mass is 10.0. The summed E-state index contributed by atoms with van der Waals surface area (Å²) < 4.78 is 6.84. The van der Waals surface area contributed by atoms with Crippen molar-refractivity contribution in [2.24, 2.45) is 0 Å². The van der Waals surface area contributed by atoms with Crippen molar-refractivity contribution >= 4 is 16.9 Å². The van der Waals surface area contributed by atoms with Crippen LogP contribution in [0.15, 0.2) is 27.4 Å². The number of rotatable bonds is 7. The number of ketones is 1. The zero-order valence-corrected chi connectivity index (χ0v) is 12.1. The highest BCUT2D eigenvalue weighted by Crippen LogP contribution is 2.17. The Morgan fingerprint density at radius 3 is 2.70 bits per heavy atom. The lowest BCUT2D eigenvalue weighted by Crippen LogP contribution is -2.13. The summed E-state index contributed by atoms with van der Waals surface area (Å²) in [5.74, 6) is -0.233. The highest BCUT2D eigenvalue weighted by atomic mass is 16.4. The first-order chi connectivity index (χ1) is 9.67. The van der Waals surface area contributed by atoms with Crippen molar-refractivity contribution in [3.05, 3.63) is 34.3 Å². The van der Waals surface area contributed by atoms with Gasteiger partial charge in [0.1, 0.15) is 0 Å². The maximum Gasteiger partial charge on any atom is 0.419 e. The molecule has 2 aromatic rings. The third-order valence-electron chi connectivity index (χ3n) is 3.44. The van der Waals surface area contributed by atoms with Gasteiger partial charge in [0.2, 0.25) is 0 Å². The predicted octanol–water partition coefficient (Wildman–Crippen LogP) is 3.77. The monoisotopic (exact) mass is 275 g/mol. The fourth-order valence-corrected chi connectivity index (χ4v) is 2.36. The van der Waals surface area contributed by atoms with E-state index in [2.05, 4.69) is 6.92 Å². The molecular formula is C16H21NO3. The Balaban J connectivity index is 2.26. The zero-order valence-electron chi connectivity index (χ0n) is 12.1. The molecule has 20 heavy (non-hydrogen) atoms. The summed E-state index contributed by atoms with van der Waals surface area (Å²) in [5, 5.41) is 0. The van der Waals surface area contributed by atoms with Crippen LogP contribution < -0.4 is 5.76 Å². The summed E-state index contributed by atoms with van der Waals surface area (Å²) in [5.41, 5.74) is 1.90. The molecule has 108 valence electrons. The largest absolute Gasteiger partial charge is 0.419 e. The first-order valence-corrected chi connectivity index (χ1v) is 7.34. The van der Waals surface area contributed by atoms with E-state index in [0.29, 0.717) is 24.1 Å². The number of hydrogen-bond acceptors (Lipinski definition) is 3. The molecule has 0 unspecified atom stereocenters. The second-order valence-corrected chi connectivity index (χ2v) is 5.08. The number of fused-ring (bicyclic) bond motifs is 1. The average Bonchev–Trinajstić information content (AvgIpc) is 2.75. The molecule has 0 aliphatic rings. The molecular weight excluding hydrogens is 254 g/mol. The fourth-order valence-electron chi connectivity index (χ4n) is 2.36. The summed E-state index contributed by atoms with van der Waals surface area (Å²) >= 11 is 0. The van der Waals surface area contributed by atoms with Crippen LogP contribution in [0.4, 0.5) is 0 Å². The Labute approximate surface area is 118 Å². The van der Waals surface area contributed by atoms with E-state index in [4.69, 9.17) is 4.42 Å². The van der Waals surface area contributed by atoms with Gasteiger partial charge in [0, 0.05) is 18.5 Å². The van der Waals surface area contributed by atoms with Crippen LogP contribution in [0.1, 0.15) is 56.3 Å². The van der Waals surface area contributed by atoms with E-state index in [1.165, 1.54) is 0 Å². The van der Waals surface area contributed by atoms with Crippen LogP contribution in [-0.4, -0.2) is 10.4 Å². The number of Topliss-reactive ketones (excluding diaryl/α,β-unsaturated/α-hetero) is 1. The van der Waals surface area contributed by atoms with Crippen LogP contribution in [0.3, 0.4) is 0 Å². The molecule has 0 aliphatic carbocycles. The third-order valence-corrected chi connectivity index (χ3v) is 3.44. The summed E-state index contributed by atoms with van der Waals surface area (Å²) in [6.07, 6.45) is 4.50. The highest BCUT2D eigenvalue weighted by molar-refractivity contribution is 5.98. The molecule has 0 radical (unpaired) electrons. The molecule has 0 bridgehead atoms. The van der Waals surface area contributed by atoms with Gasteiger partial charge in [0.05, 0.1) is 5.52 Å². The Bertz CT molecular complexity index is 651. The van der Waals surface area contributed by atoms with Crippen LogP contribution in [0.5, 0.6) is 0 Å². The van der Waals surface area contributed by atoms with Gasteiger partial charge in [-0.25, -0.2) is 4.79 Å². The first-order valence-electron chi connectivity index (χ1n) is 7.34. The normalized spacial score (nSPS) is 11.1. The Hall–Kier alpha value is -1.84. The number of aromatic nitrogens is 1. The van der Waals surface area contributed by atoms with Crippen molar-refractivity contribution in [3.8, 4) is 0 Å². The van der Waals surface area contributed by atoms with Gasteiger partial charge in [-0.05, 0) is 31.0 Å². The topological polar surface area (TPSA) is 52.2 Å². The summed E-state index contributed by atoms with van der Waals surface area (Å²) in [6, 6.07) is 5.29. The quantitative estimate of drug-likeness (QED) is 0.571. The molecule has 4 nitrogen and oxygen atoms in total. The van der Waals surface area contributed by atoms with Crippen molar-refractivity contribution < 1.29 is 9.21 Å². The molecule has 0 amide bonds. The molecule has 0 N–H and O–H groups in total. The van der Waals surface area contributed by atoms with Crippen molar-refractivity contribution in [1.29, 1.82) is 0 Å². The number of benzene rings is 1. The van der Waals surface area contributed by atoms with Crippen molar-refractivity contribution in [2.45, 2.75) is 52.5 Å². The van der Waals surface area contributed by atoms with Gasteiger partial charge < -0.3 is 4.42 Å². The molecule has 0 atom stereocenters. The molecule has 1 heterocycles. The first kappa shape index (κ1) is 14.6. The van der Waals surface area contributed by atoms with Crippen molar-refractivity contribution in [2.75, 3.05) is 0 Å². The maximum atomic E-state index is 12.1. The van der Waals surface area contributed by atoms with Gasteiger partial charge >= 0.3 is 5.76 Å². The van der Waals surface area contributed by atoms with E-state index in [9.17, 15) is 9.59 Å². The van der Waals surface area contributed by atoms with Gasteiger partial charge in [-0.15, -0.1) is 0 Å². The van der Waals surface area contributed by atoms with E-state index in [-0.39, 0.29) is 11.5 Å². The van der Waals surface area contributed by atoms with Gasteiger partial charge in [0.15, 0.2) is 11.4 Å². The lowest BCUT2D eigenvalue weighted by Gasteiger charge is -2.02. The molecule has 1 aromatic carbocycles. The van der Waals surface area contributed by atoms with E-state index in [1.807, 2.05) is 13.0 Å². The van der Waals surface area contributed by atoms with Gasteiger partial charge in [0.25, 0.3) is 0 Å². The SMILES string of the molecule is CCCCCC(=O)c1ccc2c(c1)oc(=O)n2CCC. The summed E-state index contributed by atoms with van der Waals surface area (Å²) in [4.78, 5) is 23.8. The Morgan fingerprint density at radius 1 is 1.20 bits per heavy atom. The van der Waals surface area contributed by atoms with E-state index in [0.717, 1.165) is 31.2 Å². The number of unbranched alkanes of at least 4 members (excludes halogenated alkanes) is 2. The zero-order chi connectivity index (χ0) is 14.5. The minimum absolute atomic E-state index is 0.117. The van der Waals surface area contributed by atoms with Crippen LogP contribution in [0.2, 0.25) is 0 Å². The molecule has 1 aromatic heterocycles. The van der Waals surface area contributed by atoms with E-state index in [1.54, 1.807) is 16.7 Å². The lowest BCUT2D eigenvalue weighted by molar-refractivity contribution is 0.0979. The average molecular weight is 275 g/mol. The molecule has 4 heteroatoms. The number of carbonyl (C=O) groups excluding carboxylic acids is 1. The van der Waals surface area contributed by atoms with Crippen molar-refractivity contribution in [1.82, 2.24) is 4.57 Å². The molecule has 0 saturated carbocycles. The number of carbonyl (C=O) groups is 1. The predicted molar refractivity (Wildman–Crippen MR) is 79.2 cm³/mol. The van der Waals surface area contributed by atoms with E-state index < -0.39 is 0 Å². The van der Waals surface area contributed by atoms with Gasteiger partial charge in [-0.1, -0.05) is 26.7 Å². The second-order valence-electron chi connectivity index (χ2n) is 5.08. The molecule has 2 rings (SSSR count). The van der Waals surface area contributed by atoms with Crippen LogP contribution in [-0.2, 0) is 6.54 Å². The highest BCUT2D eigenvalue weighted by Gasteiger charge is 2.12. The maximum absolute atomic E-state index is 12.1. The van der Waals surface area contributed by atoms with E-state index >= 15 is 0 Å². The number of aryl methyl sites for hydroxylation is 1. The summed E-state index contributed by atoms with van der Waals surface area (Å²) in [6.45, 7) is 4.76. The Morgan fingerprint density at radius 2 is 2.00 bits per heavy atom. The Kier molecular flexibility index (Phi) is 4.77. The minimum atomic E-state index is -0.350. The number of oxazole rings is 1. The molecule has 0 aliphatic heterocycles. The minimum Gasteiger partial charge on any atom is -0.408 e. The van der Waals surface area contributed by atoms with Crippen molar-refractivity contribution in [3.63, 3.8) is 0 Å². The van der Waals surface area contributed by atoms with Gasteiger partial charge in [-0.3, -0.25) is 9.36 Å². The number of hydrogen-bond donors (Lipinski definition) is 0. The van der Waals surface area contributed by atoms with Crippen LogP contribution in [0.25, 0.3) is 11.1 Å². The molecule has 0 spiro atoms. The second kappa shape index (κ2) is 6.55. The van der Waals surface area contributed by atoms with Gasteiger partial charge in [-0.2, -0.15) is 0 Å². The molecule has 0 saturated heterocycles. The summed E-state index contributed by atoms with van der Waals surface area (Å²) in [7, 11) is 0. The molecule has 0 fully saturated rings.